The van der Waals surface area contributed by atoms with Gasteiger partial charge in [-0.2, -0.15) is 13.2 Å². The number of alkyl halides is 3. The molecule has 0 aliphatic heterocycles. The summed E-state index contributed by atoms with van der Waals surface area (Å²) in [6.45, 7) is 0. The van der Waals surface area contributed by atoms with Crippen LogP contribution in [0.2, 0.25) is 0 Å². The highest BCUT2D eigenvalue weighted by atomic mass is 19.4. The third kappa shape index (κ3) is 3.68. The highest BCUT2D eigenvalue weighted by Crippen LogP contribution is 2.19. The lowest BCUT2D eigenvalue weighted by Gasteiger charge is -2.08. The molecule has 0 atom stereocenters. The molecule has 0 aliphatic rings. The first-order valence-electron chi connectivity index (χ1n) is 5.96. The second-order valence-corrected chi connectivity index (χ2v) is 4.22. The second kappa shape index (κ2) is 5.78. The van der Waals surface area contributed by atoms with E-state index in [1.807, 2.05) is 0 Å². The van der Waals surface area contributed by atoms with Crippen LogP contribution in [-0.2, 0) is 4.79 Å². The van der Waals surface area contributed by atoms with Gasteiger partial charge in [0.1, 0.15) is 0 Å². The van der Waals surface area contributed by atoms with Gasteiger partial charge in [0.2, 0.25) is 0 Å². The zero-order valence-electron chi connectivity index (χ0n) is 10.6. The smallest absolute Gasteiger partial charge is 0.318 e. The van der Waals surface area contributed by atoms with E-state index in [9.17, 15) is 22.8 Å². The molecule has 0 fully saturated rings. The van der Waals surface area contributed by atoms with E-state index >= 15 is 0 Å². The van der Waals surface area contributed by atoms with Crippen LogP contribution in [0.5, 0.6) is 0 Å². The molecule has 0 saturated carbocycles. The molecular weight excluding hydrogens is 283 g/mol. The molecule has 2 aromatic rings. The zero-order chi connectivity index (χ0) is 15.5. The van der Waals surface area contributed by atoms with Crippen LogP contribution in [0.4, 0.5) is 18.9 Å². The maximum Gasteiger partial charge on any atom is 0.471 e. The average molecular weight is 293 g/mol. The number of ketones is 1. The van der Waals surface area contributed by atoms with Gasteiger partial charge in [0.25, 0.3) is 0 Å². The molecule has 0 aliphatic carbocycles. The summed E-state index contributed by atoms with van der Waals surface area (Å²) in [7, 11) is 0. The van der Waals surface area contributed by atoms with Gasteiger partial charge in [0.15, 0.2) is 5.78 Å². The summed E-state index contributed by atoms with van der Waals surface area (Å²) < 4.78 is 36.3. The predicted octanol–water partition coefficient (Wildman–Crippen LogP) is 3.42. The molecule has 0 heterocycles. The molecule has 0 spiro atoms. The summed E-state index contributed by atoms with van der Waals surface area (Å²) in [4.78, 5) is 22.8. The van der Waals surface area contributed by atoms with Gasteiger partial charge in [-0.1, -0.05) is 30.3 Å². The predicted molar refractivity (Wildman–Crippen MR) is 71.0 cm³/mol. The number of anilines is 1. The molecule has 21 heavy (non-hydrogen) atoms. The Hall–Kier alpha value is -2.63. The molecule has 0 unspecified atom stereocenters. The number of amides is 1. The summed E-state index contributed by atoms with van der Waals surface area (Å²) in [6.07, 6.45) is -4.95. The number of hydrogen-bond donors (Lipinski definition) is 1. The summed E-state index contributed by atoms with van der Waals surface area (Å²) in [5.41, 5.74) is 0.776. The van der Waals surface area contributed by atoms with Crippen LogP contribution in [0, 0.1) is 0 Å². The van der Waals surface area contributed by atoms with E-state index in [-0.39, 0.29) is 11.5 Å². The van der Waals surface area contributed by atoms with Gasteiger partial charge in [0.05, 0.1) is 0 Å². The highest BCUT2D eigenvalue weighted by molar-refractivity contribution is 6.09. The lowest BCUT2D eigenvalue weighted by atomic mass is 10.0. The Balaban J connectivity index is 2.13. The van der Waals surface area contributed by atoms with Crippen LogP contribution in [0.1, 0.15) is 15.9 Å². The minimum Gasteiger partial charge on any atom is -0.318 e. The Labute approximate surface area is 118 Å². The zero-order valence-corrected chi connectivity index (χ0v) is 10.6. The van der Waals surface area contributed by atoms with E-state index in [0.29, 0.717) is 11.1 Å². The number of nitrogens with one attached hydrogen (secondary N) is 1. The number of benzene rings is 2. The van der Waals surface area contributed by atoms with Crippen LogP contribution in [0.15, 0.2) is 54.6 Å². The minimum atomic E-state index is -4.95. The van der Waals surface area contributed by atoms with Gasteiger partial charge in [-0.05, 0) is 24.3 Å². The van der Waals surface area contributed by atoms with E-state index in [0.717, 1.165) is 0 Å². The maximum atomic E-state index is 12.1. The van der Waals surface area contributed by atoms with Crippen molar-refractivity contribution in [2.75, 3.05) is 5.32 Å². The van der Waals surface area contributed by atoms with E-state index < -0.39 is 12.1 Å². The second-order valence-electron chi connectivity index (χ2n) is 4.22. The molecule has 2 rings (SSSR count). The van der Waals surface area contributed by atoms with Crippen molar-refractivity contribution in [1.29, 1.82) is 0 Å². The standard InChI is InChI=1S/C15H10F3NO2/c16-15(17,18)14(21)19-12-8-6-11(7-9-12)13(20)10-4-2-1-3-5-10/h1-9H,(H,19,21). The van der Waals surface area contributed by atoms with E-state index in [1.165, 1.54) is 24.3 Å². The molecule has 1 amide bonds. The van der Waals surface area contributed by atoms with Crippen LogP contribution in [0.25, 0.3) is 0 Å². The number of rotatable bonds is 3. The van der Waals surface area contributed by atoms with Crippen molar-refractivity contribution >= 4 is 17.4 Å². The van der Waals surface area contributed by atoms with Gasteiger partial charge in [-0.3, -0.25) is 9.59 Å². The van der Waals surface area contributed by atoms with Gasteiger partial charge in [-0.15, -0.1) is 0 Å². The van der Waals surface area contributed by atoms with E-state index in [1.54, 1.807) is 35.6 Å². The lowest BCUT2D eigenvalue weighted by Crippen LogP contribution is -2.29. The molecule has 2 aromatic carbocycles. The Kier molecular flexibility index (Phi) is 4.07. The Bertz CT molecular complexity index is 649. The average Bonchev–Trinajstić information content (AvgIpc) is 2.47. The molecule has 108 valence electrons. The third-order valence-corrected chi connectivity index (χ3v) is 2.70. The topological polar surface area (TPSA) is 46.2 Å². The van der Waals surface area contributed by atoms with Crippen molar-refractivity contribution in [1.82, 2.24) is 0 Å². The van der Waals surface area contributed by atoms with E-state index in [4.69, 9.17) is 0 Å². The number of carbonyl (C=O) groups excluding carboxylic acids is 2. The summed E-state index contributed by atoms with van der Waals surface area (Å²) in [6, 6.07) is 13.7. The minimum absolute atomic E-state index is 0.0260. The molecule has 6 heteroatoms. The SMILES string of the molecule is O=C(c1ccccc1)c1ccc(NC(=O)C(F)(F)F)cc1. The van der Waals surface area contributed by atoms with Crippen molar-refractivity contribution in [3.8, 4) is 0 Å². The quantitative estimate of drug-likeness (QED) is 0.881. The van der Waals surface area contributed by atoms with Crippen molar-refractivity contribution in [2.45, 2.75) is 6.18 Å². The molecule has 0 radical (unpaired) electrons. The molecule has 0 bridgehead atoms. The van der Waals surface area contributed by atoms with Crippen LogP contribution >= 0.6 is 0 Å². The van der Waals surface area contributed by atoms with Crippen LogP contribution in [0.3, 0.4) is 0 Å². The molecule has 0 aromatic heterocycles. The third-order valence-electron chi connectivity index (χ3n) is 2.70. The summed E-state index contributed by atoms with van der Waals surface area (Å²) in [5, 5.41) is 1.71. The monoisotopic (exact) mass is 293 g/mol. The Morgan fingerprint density at radius 3 is 1.86 bits per heavy atom. The van der Waals surface area contributed by atoms with Gasteiger partial charge >= 0.3 is 12.1 Å². The Morgan fingerprint density at radius 2 is 1.33 bits per heavy atom. The fourth-order valence-electron chi connectivity index (χ4n) is 1.66. The largest absolute Gasteiger partial charge is 0.471 e. The van der Waals surface area contributed by atoms with Crippen molar-refractivity contribution in [3.63, 3.8) is 0 Å². The van der Waals surface area contributed by atoms with Crippen LogP contribution < -0.4 is 5.32 Å². The van der Waals surface area contributed by atoms with Gasteiger partial charge in [0, 0.05) is 16.8 Å². The first kappa shape index (κ1) is 14.8. The van der Waals surface area contributed by atoms with Crippen molar-refractivity contribution in [3.05, 3.63) is 65.7 Å². The van der Waals surface area contributed by atoms with Gasteiger partial charge < -0.3 is 5.32 Å². The lowest BCUT2D eigenvalue weighted by molar-refractivity contribution is -0.167. The first-order valence-corrected chi connectivity index (χ1v) is 5.96. The Morgan fingerprint density at radius 1 is 0.810 bits per heavy atom. The maximum absolute atomic E-state index is 12.1. The summed E-state index contributed by atoms with van der Waals surface area (Å²) in [5.74, 6) is -2.30. The fourth-order valence-corrected chi connectivity index (χ4v) is 1.66. The highest BCUT2D eigenvalue weighted by Gasteiger charge is 2.38. The van der Waals surface area contributed by atoms with Crippen LogP contribution in [-0.4, -0.2) is 17.9 Å². The number of carbonyl (C=O) groups is 2. The normalized spacial score (nSPS) is 11.0. The van der Waals surface area contributed by atoms with Crippen molar-refractivity contribution < 1.29 is 22.8 Å². The molecule has 0 saturated heterocycles. The number of hydrogen-bond acceptors (Lipinski definition) is 2. The fraction of sp³-hybridized carbons (Fsp3) is 0.0667. The van der Waals surface area contributed by atoms with E-state index in [2.05, 4.69) is 0 Å². The van der Waals surface area contributed by atoms with Gasteiger partial charge in [-0.25, -0.2) is 0 Å². The van der Waals surface area contributed by atoms with Crippen molar-refractivity contribution in [2.24, 2.45) is 0 Å². The number of halogens is 3. The molecule has 1 N–H and O–H groups in total. The molecular formula is C15H10F3NO2. The first-order chi connectivity index (χ1) is 9.88. The molecule has 3 nitrogen and oxygen atoms in total. The summed E-state index contributed by atoms with van der Waals surface area (Å²) >= 11 is 0.